The Hall–Kier alpha value is -2.23. The molecular weight excluding hydrogens is 238 g/mol. The van der Waals surface area contributed by atoms with Crippen LogP contribution in [-0.2, 0) is 6.61 Å². The Bertz CT molecular complexity index is 553. The van der Waals surface area contributed by atoms with Gasteiger partial charge in [-0.3, -0.25) is 0 Å². The van der Waals surface area contributed by atoms with Gasteiger partial charge in [0.15, 0.2) is 5.82 Å². The fraction of sp³-hybridized carbons (Fsp3) is 0.267. The monoisotopic (exact) mass is 255 g/mol. The second kappa shape index (κ2) is 5.18. The van der Waals surface area contributed by atoms with E-state index in [0.29, 0.717) is 24.2 Å². The number of hydrogen-bond acceptors (Lipinski definition) is 4. The van der Waals surface area contributed by atoms with Crippen molar-refractivity contribution in [3.8, 4) is 5.88 Å². The lowest BCUT2D eigenvalue weighted by Gasteiger charge is -2.10. The molecule has 1 aliphatic rings. The molecule has 0 radical (unpaired) electrons. The highest BCUT2D eigenvalue weighted by Crippen LogP contribution is 2.28. The Balaban J connectivity index is 1.67. The first kappa shape index (κ1) is 11.8. The van der Waals surface area contributed by atoms with Gasteiger partial charge in [0.1, 0.15) is 6.61 Å². The van der Waals surface area contributed by atoms with E-state index in [0.717, 1.165) is 11.4 Å². The number of rotatable bonds is 5. The quantitative estimate of drug-likeness (QED) is 0.862. The number of anilines is 2. The summed E-state index contributed by atoms with van der Waals surface area (Å²) in [6.07, 6.45) is 2.38. The van der Waals surface area contributed by atoms with Gasteiger partial charge in [0, 0.05) is 12.1 Å². The van der Waals surface area contributed by atoms with E-state index in [4.69, 9.17) is 10.5 Å². The molecule has 98 valence electrons. The second-order valence-corrected chi connectivity index (χ2v) is 4.78. The third-order valence-corrected chi connectivity index (χ3v) is 3.05. The lowest BCUT2D eigenvalue weighted by atomic mass is 10.2. The van der Waals surface area contributed by atoms with Gasteiger partial charge in [0.05, 0.1) is 5.69 Å². The topological polar surface area (TPSA) is 60.2 Å². The van der Waals surface area contributed by atoms with Crippen LogP contribution in [0.3, 0.4) is 0 Å². The lowest BCUT2D eigenvalue weighted by molar-refractivity contribution is 0.294. The van der Waals surface area contributed by atoms with E-state index in [1.165, 1.54) is 12.8 Å². The van der Waals surface area contributed by atoms with Crippen LogP contribution < -0.4 is 15.8 Å². The Morgan fingerprint density at radius 3 is 2.68 bits per heavy atom. The molecular formula is C15H17N3O. The van der Waals surface area contributed by atoms with Crippen molar-refractivity contribution < 1.29 is 4.74 Å². The minimum absolute atomic E-state index is 0.515. The van der Waals surface area contributed by atoms with Gasteiger partial charge in [0.2, 0.25) is 5.88 Å². The average molecular weight is 255 g/mol. The van der Waals surface area contributed by atoms with Gasteiger partial charge in [-0.1, -0.05) is 30.3 Å². The Morgan fingerprint density at radius 1 is 1.16 bits per heavy atom. The van der Waals surface area contributed by atoms with Crippen LogP contribution in [0.4, 0.5) is 11.5 Å². The van der Waals surface area contributed by atoms with Gasteiger partial charge < -0.3 is 15.8 Å². The highest BCUT2D eigenvalue weighted by atomic mass is 16.5. The smallest absolute Gasteiger partial charge is 0.215 e. The van der Waals surface area contributed by atoms with Crippen LogP contribution in [0.25, 0.3) is 0 Å². The zero-order valence-electron chi connectivity index (χ0n) is 10.7. The molecule has 2 aromatic rings. The summed E-state index contributed by atoms with van der Waals surface area (Å²) < 4.78 is 5.68. The molecule has 0 unspecified atom stereocenters. The van der Waals surface area contributed by atoms with Gasteiger partial charge in [0.25, 0.3) is 0 Å². The summed E-state index contributed by atoms with van der Waals surface area (Å²) >= 11 is 0. The maximum absolute atomic E-state index is 5.89. The SMILES string of the molecule is Nc1ccc(OCc2ccccc2)nc1NC1CC1. The van der Waals surface area contributed by atoms with Gasteiger partial charge in [-0.2, -0.15) is 4.98 Å². The number of ether oxygens (including phenoxy) is 1. The molecule has 0 atom stereocenters. The Labute approximate surface area is 112 Å². The molecule has 0 amide bonds. The Morgan fingerprint density at radius 2 is 1.95 bits per heavy atom. The van der Waals surface area contributed by atoms with E-state index in [-0.39, 0.29) is 0 Å². The molecule has 1 aromatic carbocycles. The molecule has 0 saturated heterocycles. The molecule has 0 aliphatic heterocycles. The summed E-state index contributed by atoms with van der Waals surface area (Å²) in [7, 11) is 0. The molecule has 1 aromatic heterocycles. The predicted octanol–water partition coefficient (Wildman–Crippen LogP) is 2.82. The number of nitrogens with zero attached hydrogens (tertiary/aromatic N) is 1. The van der Waals surface area contributed by atoms with E-state index in [2.05, 4.69) is 10.3 Å². The third-order valence-electron chi connectivity index (χ3n) is 3.05. The number of nitrogens with two attached hydrogens (primary N) is 1. The van der Waals surface area contributed by atoms with Crippen molar-refractivity contribution in [2.45, 2.75) is 25.5 Å². The highest BCUT2D eigenvalue weighted by Gasteiger charge is 2.22. The fourth-order valence-electron chi connectivity index (χ4n) is 1.80. The van der Waals surface area contributed by atoms with Crippen molar-refractivity contribution in [3.63, 3.8) is 0 Å². The minimum Gasteiger partial charge on any atom is -0.473 e. The first-order valence-corrected chi connectivity index (χ1v) is 6.51. The molecule has 3 N–H and O–H groups in total. The molecule has 4 heteroatoms. The third kappa shape index (κ3) is 3.16. The van der Waals surface area contributed by atoms with Gasteiger partial charge in [-0.05, 0) is 24.5 Å². The zero-order chi connectivity index (χ0) is 13.1. The van der Waals surface area contributed by atoms with Crippen LogP contribution in [0, 0.1) is 0 Å². The molecule has 1 aliphatic carbocycles. The van der Waals surface area contributed by atoms with Crippen molar-refractivity contribution >= 4 is 11.5 Å². The fourth-order valence-corrected chi connectivity index (χ4v) is 1.80. The van der Waals surface area contributed by atoms with Gasteiger partial charge in [-0.15, -0.1) is 0 Å². The molecule has 0 spiro atoms. The molecule has 4 nitrogen and oxygen atoms in total. The van der Waals surface area contributed by atoms with Crippen molar-refractivity contribution in [1.82, 2.24) is 4.98 Å². The second-order valence-electron chi connectivity index (χ2n) is 4.78. The summed E-state index contributed by atoms with van der Waals surface area (Å²) in [5.41, 5.74) is 7.68. The van der Waals surface area contributed by atoms with E-state index >= 15 is 0 Å². The van der Waals surface area contributed by atoms with E-state index in [9.17, 15) is 0 Å². The standard InChI is InChI=1S/C15H17N3O/c16-13-8-9-14(18-15(13)17-12-6-7-12)19-10-11-4-2-1-3-5-11/h1-5,8-9,12H,6-7,10,16H2,(H,17,18). The van der Waals surface area contributed by atoms with E-state index in [1.54, 1.807) is 6.07 Å². The maximum Gasteiger partial charge on any atom is 0.215 e. The van der Waals surface area contributed by atoms with Crippen LogP contribution in [0.1, 0.15) is 18.4 Å². The molecule has 1 saturated carbocycles. The van der Waals surface area contributed by atoms with Crippen molar-refractivity contribution in [3.05, 3.63) is 48.0 Å². The summed E-state index contributed by atoms with van der Waals surface area (Å²) in [5, 5.41) is 3.31. The lowest BCUT2D eigenvalue weighted by Crippen LogP contribution is -2.07. The molecule has 19 heavy (non-hydrogen) atoms. The normalized spacial score (nSPS) is 14.1. The molecule has 1 heterocycles. The maximum atomic E-state index is 5.89. The number of nitrogens with one attached hydrogen (secondary N) is 1. The minimum atomic E-state index is 0.515. The van der Waals surface area contributed by atoms with Crippen LogP contribution in [-0.4, -0.2) is 11.0 Å². The van der Waals surface area contributed by atoms with Crippen LogP contribution in [0.15, 0.2) is 42.5 Å². The zero-order valence-corrected chi connectivity index (χ0v) is 10.7. The first-order valence-electron chi connectivity index (χ1n) is 6.51. The van der Waals surface area contributed by atoms with Crippen LogP contribution >= 0.6 is 0 Å². The van der Waals surface area contributed by atoms with E-state index in [1.807, 2.05) is 36.4 Å². The van der Waals surface area contributed by atoms with Gasteiger partial charge in [-0.25, -0.2) is 0 Å². The number of aromatic nitrogens is 1. The number of benzene rings is 1. The Kier molecular flexibility index (Phi) is 3.23. The number of hydrogen-bond donors (Lipinski definition) is 2. The summed E-state index contributed by atoms with van der Waals surface area (Å²) in [4.78, 5) is 4.41. The molecule has 1 fully saturated rings. The van der Waals surface area contributed by atoms with Crippen molar-refractivity contribution in [1.29, 1.82) is 0 Å². The molecule has 3 rings (SSSR count). The largest absolute Gasteiger partial charge is 0.473 e. The van der Waals surface area contributed by atoms with Crippen LogP contribution in [0.5, 0.6) is 5.88 Å². The average Bonchev–Trinajstić information content (AvgIpc) is 3.25. The number of nitrogen functional groups attached to an aromatic ring is 1. The van der Waals surface area contributed by atoms with E-state index < -0.39 is 0 Å². The highest BCUT2D eigenvalue weighted by molar-refractivity contribution is 5.62. The number of pyridine rings is 1. The van der Waals surface area contributed by atoms with Crippen molar-refractivity contribution in [2.75, 3.05) is 11.1 Å². The molecule has 0 bridgehead atoms. The summed E-state index contributed by atoms with van der Waals surface area (Å²) in [6.45, 7) is 0.515. The van der Waals surface area contributed by atoms with Crippen molar-refractivity contribution in [2.24, 2.45) is 0 Å². The predicted molar refractivity (Wildman–Crippen MR) is 76.1 cm³/mol. The van der Waals surface area contributed by atoms with Crippen LogP contribution in [0.2, 0.25) is 0 Å². The summed E-state index contributed by atoms with van der Waals surface area (Å²) in [5.74, 6) is 1.33. The van der Waals surface area contributed by atoms with Gasteiger partial charge >= 0.3 is 0 Å². The first-order chi connectivity index (χ1) is 9.31. The summed E-state index contributed by atoms with van der Waals surface area (Å²) in [6, 6.07) is 14.2.